The van der Waals surface area contributed by atoms with Crippen molar-refractivity contribution < 1.29 is 41.8 Å². The van der Waals surface area contributed by atoms with Crippen LogP contribution < -0.4 is 26.3 Å². The van der Waals surface area contributed by atoms with Crippen molar-refractivity contribution in [3.8, 4) is 5.75 Å². The van der Waals surface area contributed by atoms with E-state index in [-0.39, 0.29) is 22.1 Å². The summed E-state index contributed by atoms with van der Waals surface area (Å²) in [5.41, 5.74) is -4.02. The number of rotatable bonds is 10. The maximum Gasteiger partial charge on any atom is 0.459 e. The molecule has 2 aromatic carbocycles. The van der Waals surface area contributed by atoms with Gasteiger partial charge in [0.1, 0.15) is 35.2 Å². The highest BCUT2D eigenvalue weighted by Crippen LogP contribution is 2.48. The maximum absolute atomic E-state index is 15.7. The lowest BCUT2D eigenvalue weighted by molar-refractivity contribution is -0.149. The molecule has 240 valence electrons. The Balaban J connectivity index is 1.43. The van der Waals surface area contributed by atoms with E-state index in [9.17, 15) is 28.8 Å². The number of hydrogen-bond donors (Lipinski definition) is 3. The predicted molar refractivity (Wildman–Crippen MR) is 159 cm³/mol. The van der Waals surface area contributed by atoms with E-state index in [2.05, 4.69) is 5.09 Å². The van der Waals surface area contributed by atoms with E-state index in [1.807, 2.05) is 4.98 Å². The van der Waals surface area contributed by atoms with Crippen LogP contribution in [0, 0.1) is 0 Å². The summed E-state index contributed by atoms with van der Waals surface area (Å²) in [6.45, 7) is 4.84. The molecular weight excluding hydrogens is 616 g/mol. The fraction of sp³-hybridized carbons (Fsp3) is 0.379. The summed E-state index contributed by atoms with van der Waals surface area (Å²) in [5, 5.41) is 13.6. The van der Waals surface area contributed by atoms with E-state index < -0.39 is 67.8 Å². The Labute approximate surface area is 254 Å². The van der Waals surface area contributed by atoms with E-state index in [0.29, 0.717) is 11.0 Å². The van der Waals surface area contributed by atoms with Crippen molar-refractivity contribution in [3.63, 3.8) is 0 Å². The number of nitrogens with zero attached hydrogens (tertiary/aromatic N) is 1. The highest BCUT2D eigenvalue weighted by molar-refractivity contribution is 7.52. The molecule has 45 heavy (non-hydrogen) atoms. The summed E-state index contributed by atoms with van der Waals surface area (Å²) < 4.78 is 58.4. The van der Waals surface area contributed by atoms with Crippen LogP contribution in [-0.2, 0) is 23.4 Å². The molecule has 0 amide bonds. The summed E-state index contributed by atoms with van der Waals surface area (Å²) in [7, 11) is -4.58. The lowest BCUT2D eigenvalue weighted by Gasteiger charge is -2.25. The molecule has 3 N–H and O–H groups in total. The van der Waals surface area contributed by atoms with Crippen LogP contribution in [0.2, 0.25) is 0 Å². The van der Waals surface area contributed by atoms with Crippen LogP contribution in [0.4, 0.5) is 4.39 Å². The highest BCUT2D eigenvalue weighted by atomic mass is 31.2. The third kappa shape index (κ3) is 6.63. The number of fused-ring (bicyclic) bond motifs is 2. The quantitative estimate of drug-likeness (QED) is 0.130. The molecule has 6 atom stereocenters. The summed E-state index contributed by atoms with van der Waals surface area (Å²) in [6.07, 6.45) is -4.55. The van der Waals surface area contributed by atoms with Gasteiger partial charge in [-0.05, 0) is 58.0 Å². The fourth-order valence-electron chi connectivity index (χ4n) is 4.83. The Morgan fingerprint density at radius 3 is 2.56 bits per heavy atom. The van der Waals surface area contributed by atoms with E-state index in [1.165, 1.54) is 25.1 Å². The number of ether oxygens (including phenoxy) is 2. The zero-order valence-electron chi connectivity index (χ0n) is 24.6. The van der Waals surface area contributed by atoms with Crippen LogP contribution in [0.15, 0.2) is 73.5 Å². The first-order chi connectivity index (χ1) is 21.2. The van der Waals surface area contributed by atoms with Gasteiger partial charge in [-0.15, -0.1) is 0 Å². The number of alkyl halides is 1. The Hall–Kier alpha value is -4.14. The normalized spacial score (nSPS) is 23.7. The zero-order valence-corrected chi connectivity index (χ0v) is 25.5. The first kappa shape index (κ1) is 32.3. The van der Waals surface area contributed by atoms with Gasteiger partial charge in [-0.2, -0.15) is 5.09 Å². The maximum atomic E-state index is 15.7. The first-order valence-corrected chi connectivity index (χ1v) is 15.4. The SMILES string of the molecule is CC(C)OC(=O)[C@H](C)NP(=O)(OC[C@H]1O[C@@H](n2ccc(=O)[nH]c2=O)[C@](C)(F)[C@@H]1O)Oc1ccc2oc3ccccc3c(=O)c2c1. The largest absolute Gasteiger partial charge is 0.462 e. The van der Waals surface area contributed by atoms with Crippen LogP contribution >= 0.6 is 7.75 Å². The Morgan fingerprint density at radius 2 is 1.84 bits per heavy atom. The Kier molecular flexibility index (Phi) is 8.84. The number of carbonyl (C=O) groups is 1. The van der Waals surface area contributed by atoms with Gasteiger partial charge in [0, 0.05) is 12.3 Å². The summed E-state index contributed by atoms with van der Waals surface area (Å²) in [4.78, 5) is 51.4. The van der Waals surface area contributed by atoms with Gasteiger partial charge in [0.15, 0.2) is 11.9 Å². The molecule has 0 saturated carbocycles. The van der Waals surface area contributed by atoms with Gasteiger partial charge < -0.3 is 23.5 Å². The number of aliphatic hydroxyl groups excluding tert-OH is 1. The second-order valence-corrected chi connectivity index (χ2v) is 12.6. The number of aliphatic hydroxyl groups is 1. The van der Waals surface area contributed by atoms with E-state index in [4.69, 9.17) is 22.9 Å². The average molecular weight is 648 g/mol. The minimum atomic E-state index is -4.58. The van der Waals surface area contributed by atoms with Crippen molar-refractivity contribution in [2.24, 2.45) is 0 Å². The van der Waals surface area contributed by atoms with Crippen LogP contribution in [-0.4, -0.2) is 57.3 Å². The lowest BCUT2D eigenvalue weighted by Crippen LogP contribution is -2.43. The predicted octanol–water partition coefficient (Wildman–Crippen LogP) is 2.92. The molecule has 1 aliphatic rings. The highest BCUT2D eigenvalue weighted by Gasteiger charge is 2.56. The summed E-state index contributed by atoms with van der Waals surface area (Å²) in [6, 6.07) is 10.5. The van der Waals surface area contributed by atoms with Gasteiger partial charge in [-0.1, -0.05) is 12.1 Å². The average Bonchev–Trinajstić information content (AvgIpc) is 3.19. The minimum Gasteiger partial charge on any atom is -0.462 e. The van der Waals surface area contributed by atoms with Crippen LogP contribution in [0.25, 0.3) is 21.9 Å². The molecule has 5 rings (SSSR count). The van der Waals surface area contributed by atoms with Gasteiger partial charge in [0.05, 0.1) is 23.5 Å². The zero-order chi connectivity index (χ0) is 32.7. The van der Waals surface area contributed by atoms with Crippen LogP contribution in [0.3, 0.4) is 0 Å². The number of carbonyl (C=O) groups excluding carboxylic acids is 1. The molecule has 0 bridgehead atoms. The number of hydrogen-bond acceptors (Lipinski definition) is 11. The standard InChI is InChI=1S/C29H31FN3O11P/c1-15(2)41-26(37)16(3)32-45(39,44-17-9-10-21-19(13-17)24(35)18-7-5-6-8-20(18)42-21)40-14-22-25(36)29(4,30)27(43-22)33-12-11-23(34)31-28(33)38/h5-13,15-16,22,25,27,36H,14H2,1-4H3,(H,32,39)(H,31,34,38)/t16-,22+,25+,27+,29+,45?/m0/s1. The van der Waals surface area contributed by atoms with Crippen molar-refractivity contribution in [2.75, 3.05) is 6.61 Å². The number of aromatic amines is 1. The van der Waals surface area contributed by atoms with Crippen molar-refractivity contribution in [1.29, 1.82) is 0 Å². The van der Waals surface area contributed by atoms with Crippen molar-refractivity contribution in [2.45, 2.75) is 63.9 Å². The lowest BCUT2D eigenvalue weighted by atomic mass is 9.98. The molecule has 0 aliphatic carbocycles. The second-order valence-electron chi connectivity index (χ2n) is 10.9. The van der Waals surface area contributed by atoms with Crippen molar-refractivity contribution in [3.05, 3.63) is 85.8 Å². The third-order valence-corrected chi connectivity index (χ3v) is 8.70. The number of halogens is 1. The van der Waals surface area contributed by atoms with Crippen molar-refractivity contribution >= 4 is 35.7 Å². The Morgan fingerprint density at radius 1 is 1.13 bits per heavy atom. The molecular formula is C29H31FN3O11P. The van der Waals surface area contributed by atoms with Gasteiger partial charge in [-0.3, -0.25) is 28.5 Å². The molecule has 4 aromatic rings. The van der Waals surface area contributed by atoms with Gasteiger partial charge in [0.2, 0.25) is 5.43 Å². The smallest absolute Gasteiger partial charge is 0.459 e. The number of benzene rings is 2. The molecule has 16 heteroatoms. The molecule has 0 spiro atoms. The van der Waals surface area contributed by atoms with Crippen LogP contribution in [0.5, 0.6) is 5.75 Å². The molecule has 1 fully saturated rings. The molecule has 1 saturated heterocycles. The fourth-order valence-corrected chi connectivity index (χ4v) is 6.32. The van der Waals surface area contributed by atoms with E-state index in [1.54, 1.807) is 38.1 Å². The molecule has 14 nitrogen and oxygen atoms in total. The molecule has 1 aliphatic heterocycles. The van der Waals surface area contributed by atoms with Crippen LogP contribution in [0.1, 0.15) is 33.9 Å². The number of H-pyrrole nitrogens is 1. The number of para-hydroxylation sites is 1. The molecule has 2 aromatic heterocycles. The van der Waals surface area contributed by atoms with Crippen molar-refractivity contribution in [1.82, 2.24) is 14.6 Å². The van der Waals surface area contributed by atoms with Gasteiger partial charge in [0.25, 0.3) is 5.56 Å². The monoisotopic (exact) mass is 647 g/mol. The topological polar surface area (TPSA) is 188 Å². The summed E-state index contributed by atoms with van der Waals surface area (Å²) >= 11 is 0. The first-order valence-electron chi connectivity index (χ1n) is 13.9. The third-order valence-electron chi connectivity index (χ3n) is 7.06. The molecule has 3 heterocycles. The molecule has 0 radical (unpaired) electrons. The minimum absolute atomic E-state index is 0.105. The second kappa shape index (κ2) is 12.3. The number of aromatic nitrogens is 2. The van der Waals surface area contributed by atoms with E-state index >= 15 is 4.39 Å². The number of nitrogens with one attached hydrogen (secondary N) is 2. The van der Waals surface area contributed by atoms with Gasteiger partial charge in [-0.25, -0.2) is 13.8 Å². The number of esters is 1. The Bertz CT molecular complexity index is 1970. The summed E-state index contributed by atoms with van der Waals surface area (Å²) in [5.74, 6) is -0.889. The van der Waals surface area contributed by atoms with Gasteiger partial charge >= 0.3 is 19.4 Å². The van der Waals surface area contributed by atoms with E-state index in [0.717, 1.165) is 23.8 Å². The molecule has 1 unspecified atom stereocenters.